The molecule has 0 aromatic heterocycles. The van der Waals surface area contributed by atoms with Crippen molar-refractivity contribution in [3.05, 3.63) is 33.9 Å². The fourth-order valence-electron chi connectivity index (χ4n) is 2.95. The minimum Gasteiger partial charge on any atom is -0.478 e. The van der Waals surface area contributed by atoms with E-state index >= 15 is 0 Å². The monoisotopic (exact) mass is 292 g/mol. The van der Waals surface area contributed by atoms with Crippen LogP contribution >= 0.6 is 0 Å². The number of anilines is 1. The van der Waals surface area contributed by atoms with Gasteiger partial charge in [-0.05, 0) is 31.7 Å². The highest BCUT2D eigenvalue weighted by molar-refractivity contribution is 5.95. The van der Waals surface area contributed by atoms with Crippen molar-refractivity contribution in [2.24, 2.45) is 5.92 Å². The third kappa shape index (κ3) is 3.71. The van der Waals surface area contributed by atoms with Gasteiger partial charge in [0.25, 0.3) is 5.69 Å². The van der Waals surface area contributed by atoms with Gasteiger partial charge < -0.3 is 10.4 Å². The number of non-ortho nitro benzene ring substituents is 1. The molecule has 1 unspecified atom stereocenters. The number of benzene rings is 1. The number of carbonyl (C=O) groups is 1. The van der Waals surface area contributed by atoms with Gasteiger partial charge >= 0.3 is 5.97 Å². The molecule has 0 heterocycles. The first kappa shape index (κ1) is 15.3. The molecule has 1 fully saturated rings. The largest absolute Gasteiger partial charge is 0.478 e. The van der Waals surface area contributed by atoms with E-state index in [1.165, 1.54) is 31.4 Å². The van der Waals surface area contributed by atoms with Crippen molar-refractivity contribution in [3.8, 4) is 0 Å². The lowest BCUT2D eigenvalue weighted by Gasteiger charge is -2.29. The van der Waals surface area contributed by atoms with Crippen LogP contribution in [0.3, 0.4) is 0 Å². The van der Waals surface area contributed by atoms with Crippen LogP contribution in [0.25, 0.3) is 0 Å². The number of nitrogens with one attached hydrogen (secondary N) is 1. The van der Waals surface area contributed by atoms with Crippen molar-refractivity contribution in [2.45, 2.75) is 45.1 Å². The van der Waals surface area contributed by atoms with Gasteiger partial charge in [-0.25, -0.2) is 4.79 Å². The molecule has 2 rings (SSSR count). The van der Waals surface area contributed by atoms with Crippen molar-refractivity contribution in [2.75, 3.05) is 5.32 Å². The van der Waals surface area contributed by atoms with E-state index in [1.807, 2.05) is 6.92 Å². The highest BCUT2D eigenvalue weighted by atomic mass is 16.6. The molecule has 1 aromatic rings. The Bertz CT molecular complexity index is 538. The first-order chi connectivity index (χ1) is 9.99. The normalized spacial score (nSPS) is 17.2. The van der Waals surface area contributed by atoms with E-state index in [-0.39, 0.29) is 17.3 Å². The molecule has 114 valence electrons. The summed E-state index contributed by atoms with van der Waals surface area (Å²) in [6.07, 6.45) is 5.97. The molecule has 1 aromatic carbocycles. The van der Waals surface area contributed by atoms with Crippen molar-refractivity contribution < 1.29 is 14.8 Å². The number of carboxylic acids is 1. The average molecular weight is 292 g/mol. The maximum atomic E-state index is 11.3. The molecule has 0 spiro atoms. The van der Waals surface area contributed by atoms with Crippen LogP contribution in [0.15, 0.2) is 18.2 Å². The van der Waals surface area contributed by atoms with Crippen molar-refractivity contribution >= 4 is 17.3 Å². The third-order valence-corrected chi connectivity index (χ3v) is 4.18. The molecule has 0 bridgehead atoms. The summed E-state index contributed by atoms with van der Waals surface area (Å²) < 4.78 is 0. The number of carboxylic acid groups (broad SMARTS) is 1. The van der Waals surface area contributed by atoms with E-state index < -0.39 is 10.9 Å². The first-order valence-corrected chi connectivity index (χ1v) is 7.27. The van der Waals surface area contributed by atoms with Gasteiger partial charge in [0.15, 0.2) is 0 Å². The molecular weight excluding hydrogens is 272 g/mol. The van der Waals surface area contributed by atoms with Crippen LogP contribution in [0.5, 0.6) is 0 Å². The second-order valence-electron chi connectivity index (χ2n) is 5.62. The molecule has 0 saturated heterocycles. The highest BCUT2D eigenvalue weighted by Crippen LogP contribution is 2.30. The summed E-state index contributed by atoms with van der Waals surface area (Å²) in [5.41, 5.74) is 0.196. The predicted octanol–water partition coefficient (Wildman–Crippen LogP) is 3.67. The lowest BCUT2D eigenvalue weighted by Crippen LogP contribution is -2.28. The molecule has 0 aliphatic heterocycles. The number of nitro groups is 1. The maximum absolute atomic E-state index is 11.3. The van der Waals surface area contributed by atoms with Crippen LogP contribution in [0.1, 0.15) is 49.4 Å². The molecule has 0 radical (unpaired) electrons. The van der Waals surface area contributed by atoms with Gasteiger partial charge in [-0.3, -0.25) is 10.1 Å². The van der Waals surface area contributed by atoms with E-state index in [1.54, 1.807) is 0 Å². The van der Waals surface area contributed by atoms with Gasteiger partial charge in [0.2, 0.25) is 0 Å². The SMILES string of the molecule is CC(Nc1ccc([N+](=O)[O-])cc1C(=O)O)C1CCCCC1. The van der Waals surface area contributed by atoms with Crippen LogP contribution in [0.4, 0.5) is 11.4 Å². The standard InChI is InChI=1S/C15H20N2O4/c1-10(11-5-3-2-4-6-11)16-14-8-7-12(17(20)21)9-13(14)15(18)19/h7-11,16H,2-6H2,1H3,(H,18,19). The Kier molecular flexibility index (Phi) is 4.77. The number of rotatable bonds is 5. The zero-order valence-corrected chi connectivity index (χ0v) is 12.0. The fourth-order valence-corrected chi connectivity index (χ4v) is 2.95. The highest BCUT2D eigenvalue weighted by Gasteiger charge is 2.22. The van der Waals surface area contributed by atoms with E-state index in [2.05, 4.69) is 5.32 Å². The third-order valence-electron chi connectivity index (χ3n) is 4.18. The topological polar surface area (TPSA) is 92.5 Å². The second-order valence-corrected chi connectivity index (χ2v) is 5.62. The van der Waals surface area contributed by atoms with Gasteiger partial charge in [-0.1, -0.05) is 19.3 Å². The van der Waals surface area contributed by atoms with Gasteiger partial charge in [0, 0.05) is 23.9 Å². The van der Waals surface area contributed by atoms with Gasteiger partial charge in [-0.15, -0.1) is 0 Å². The number of nitro benzene ring substituents is 1. The number of aromatic carboxylic acids is 1. The fraction of sp³-hybridized carbons (Fsp3) is 0.533. The van der Waals surface area contributed by atoms with Crippen LogP contribution < -0.4 is 5.32 Å². The summed E-state index contributed by atoms with van der Waals surface area (Å²) in [5.74, 6) is -0.632. The Labute approximate surface area is 123 Å². The van der Waals surface area contributed by atoms with Crippen LogP contribution in [-0.2, 0) is 0 Å². The summed E-state index contributed by atoms with van der Waals surface area (Å²) in [7, 11) is 0. The minimum absolute atomic E-state index is 0.0492. The molecule has 1 aliphatic rings. The summed E-state index contributed by atoms with van der Waals surface area (Å²) in [6, 6.07) is 4.09. The maximum Gasteiger partial charge on any atom is 0.338 e. The molecule has 2 N–H and O–H groups in total. The molecule has 0 amide bonds. The van der Waals surface area contributed by atoms with Crippen LogP contribution in [0.2, 0.25) is 0 Å². The Morgan fingerprint density at radius 3 is 2.62 bits per heavy atom. The van der Waals surface area contributed by atoms with E-state index in [0.29, 0.717) is 11.6 Å². The quantitative estimate of drug-likeness (QED) is 0.638. The Morgan fingerprint density at radius 2 is 2.05 bits per heavy atom. The Morgan fingerprint density at radius 1 is 1.38 bits per heavy atom. The molecular formula is C15H20N2O4. The number of hydrogen-bond donors (Lipinski definition) is 2. The Hall–Kier alpha value is -2.11. The summed E-state index contributed by atoms with van der Waals surface area (Å²) in [4.78, 5) is 21.5. The summed E-state index contributed by atoms with van der Waals surface area (Å²) in [6.45, 7) is 2.04. The van der Waals surface area contributed by atoms with Crippen molar-refractivity contribution in [1.29, 1.82) is 0 Å². The molecule has 21 heavy (non-hydrogen) atoms. The molecule has 1 atom stereocenters. The molecule has 6 heteroatoms. The smallest absolute Gasteiger partial charge is 0.338 e. The minimum atomic E-state index is -1.16. The first-order valence-electron chi connectivity index (χ1n) is 7.27. The van der Waals surface area contributed by atoms with Gasteiger partial charge in [0.1, 0.15) is 0 Å². The molecule has 1 aliphatic carbocycles. The lowest BCUT2D eigenvalue weighted by molar-refractivity contribution is -0.384. The van der Waals surface area contributed by atoms with Crippen molar-refractivity contribution in [1.82, 2.24) is 0 Å². The lowest BCUT2D eigenvalue weighted by atomic mass is 9.84. The van der Waals surface area contributed by atoms with Crippen LogP contribution in [-0.4, -0.2) is 22.0 Å². The van der Waals surface area contributed by atoms with E-state index in [0.717, 1.165) is 18.9 Å². The number of hydrogen-bond acceptors (Lipinski definition) is 4. The van der Waals surface area contributed by atoms with E-state index in [9.17, 15) is 20.0 Å². The number of nitrogens with zero attached hydrogens (tertiary/aromatic N) is 1. The summed E-state index contributed by atoms with van der Waals surface area (Å²) >= 11 is 0. The zero-order valence-electron chi connectivity index (χ0n) is 12.0. The van der Waals surface area contributed by atoms with Crippen LogP contribution in [0, 0.1) is 16.0 Å². The van der Waals surface area contributed by atoms with E-state index in [4.69, 9.17) is 0 Å². The predicted molar refractivity (Wildman–Crippen MR) is 79.7 cm³/mol. The molecule has 1 saturated carbocycles. The molecule has 6 nitrogen and oxygen atoms in total. The van der Waals surface area contributed by atoms with Gasteiger partial charge in [0.05, 0.1) is 10.5 Å². The van der Waals surface area contributed by atoms with Gasteiger partial charge in [-0.2, -0.15) is 0 Å². The summed E-state index contributed by atoms with van der Waals surface area (Å²) in [5, 5.41) is 23.2. The average Bonchev–Trinajstić information content (AvgIpc) is 2.48. The second kappa shape index (κ2) is 6.56. The Balaban J connectivity index is 2.18. The zero-order chi connectivity index (χ0) is 15.4. The van der Waals surface area contributed by atoms with Crippen molar-refractivity contribution in [3.63, 3.8) is 0 Å².